The maximum absolute atomic E-state index is 12.1. The Kier molecular flexibility index (Phi) is 5.53. The van der Waals surface area contributed by atoms with Gasteiger partial charge >= 0.3 is 0 Å². The summed E-state index contributed by atoms with van der Waals surface area (Å²) < 4.78 is 0. The van der Waals surface area contributed by atoms with E-state index in [1.807, 2.05) is 32.6 Å². The number of rotatable bonds is 5. The lowest BCUT2D eigenvalue weighted by atomic mass is 10.2. The van der Waals surface area contributed by atoms with Crippen LogP contribution in [0.1, 0.15) is 33.4 Å². The van der Waals surface area contributed by atoms with Crippen molar-refractivity contribution in [2.24, 2.45) is 0 Å². The molecule has 0 atom stereocenters. The van der Waals surface area contributed by atoms with E-state index in [2.05, 4.69) is 15.2 Å². The van der Waals surface area contributed by atoms with Crippen LogP contribution in [0.25, 0.3) is 0 Å². The number of aromatic nitrogens is 3. The third-order valence-corrected chi connectivity index (χ3v) is 3.42. The molecular formula is C12H20N4O2S. The first kappa shape index (κ1) is 15.7. The number of hydrogen-bond acceptors (Lipinski definition) is 5. The molecule has 1 rings (SSSR count). The molecule has 19 heavy (non-hydrogen) atoms. The van der Waals surface area contributed by atoms with Crippen LogP contribution in [0.3, 0.4) is 0 Å². The van der Waals surface area contributed by atoms with Crippen LogP contribution in [-0.4, -0.2) is 43.8 Å². The third-order valence-electron chi connectivity index (χ3n) is 2.57. The number of H-pyrrole nitrogens is 1. The molecule has 6 nitrogen and oxygen atoms in total. The van der Waals surface area contributed by atoms with E-state index in [4.69, 9.17) is 0 Å². The molecule has 7 heteroatoms. The van der Waals surface area contributed by atoms with Crippen molar-refractivity contribution in [3.63, 3.8) is 0 Å². The van der Waals surface area contributed by atoms with Gasteiger partial charge in [0.05, 0.1) is 5.75 Å². The number of thioether (sulfide) groups is 1. The van der Waals surface area contributed by atoms with Crippen LogP contribution in [0.2, 0.25) is 0 Å². The quantitative estimate of drug-likeness (QED) is 0.822. The summed E-state index contributed by atoms with van der Waals surface area (Å²) in [5.74, 6) is 0.266. The van der Waals surface area contributed by atoms with Gasteiger partial charge < -0.3 is 4.90 Å². The van der Waals surface area contributed by atoms with Crippen molar-refractivity contribution < 1.29 is 4.79 Å². The first-order valence-electron chi connectivity index (χ1n) is 6.20. The van der Waals surface area contributed by atoms with Gasteiger partial charge in [-0.3, -0.25) is 14.6 Å². The number of carbonyl (C=O) groups is 1. The summed E-state index contributed by atoms with van der Waals surface area (Å²) in [6.45, 7) is 9.52. The number of carbonyl (C=O) groups excluding carboxylic acids is 1. The Hall–Kier alpha value is -1.37. The summed E-state index contributed by atoms with van der Waals surface area (Å²) in [6.07, 6.45) is 0. The molecule has 0 aliphatic carbocycles. The fourth-order valence-corrected chi connectivity index (χ4v) is 2.49. The fraction of sp³-hybridized carbons (Fsp3) is 0.667. The van der Waals surface area contributed by atoms with Gasteiger partial charge in [0.1, 0.15) is 5.69 Å². The zero-order valence-electron chi connectivity index (χ0n) is 11.9. The van der Waals surface area contributed by atoms with Gasteiger partial charge in [0.15, 0.2) is 5.16 Å². The minimum atomic E-state index is -0.269. The van der Waals surface area contributed by atoms with Crippen LogP contribution in [0.5, 0.6) is 0 Å². The van der Waals surface area contributed by atoms with E-state index in [0.29, 0.717) is 10.9 Å². The standard InChI is InChI=1S/C12H20N4O2S/c1-7(2)16(8(3)4)10(17)6-19-12-13-11(18)9(5)14-15-12/h7-8H,6H2,1-5H3,(H,13,15,18). The van der Waals surface area contributed by atoms with Crippen molar-refractivity contribution in [1.29, 1.82) is 0 Å². The Morgan fingerprint density at radius 3 is 2.32 bits per heavy atom. The molecule has 0 radical (unpaired) electrons. The molecule has 1 N–H and O–H groups in total. The van der Waals surface area contributed by atoms with Gasteiger partial charge in [-0.15, -0.1) is 10.2 Å². The minimum Gasteiger partial charge on any atom is -0.337 e. The number of nitrogens with one attached hydrogen (secondary N) is 1. The second kappa shape index (κ2) is 6.70. The fourth-order valence-electron chi connectivity index (χ4n) is 1.82. The SMILES string of the molecule is Cc1nnc(SCC(=O)N(C(C)C)C(C)C)[nH]c1=O. The van der Waals surface area contributed by atoms with E-state index in [0.717, 1.165) is 0 Å². The van der Waals surface area contributed by atoms with E-state index >= 15 is 0 Å². The molecule has 0 spiro atoms. The van der Waals surface area contributed by atoms with Crippen molar-refractivity contribution in [3.05, 3.63) is 16.0 Å². The van der Waals surface area contributed by atoms with Crippen LogP contribution in [0, 0.1) is 6.92 Å². The highest BCUT2D eigenvalue weighted by Crippen LogP contribution is 2.14. The van der Waals surface area contributed by atoms with Crippen molar-refractivity contribution >= 4 is 17.7 Å². The Morgan fingerprint density at radius 1 is 1.26 bits per heavy atom. The molecule has 1 aromatic rings. The third kappa shape index (κ3) is 4.34. The maximum Gasteiger partial charge on any atom is 0.273 e. The number of nitrogens with zero attached hydrogens (tertiary/aromatic N) is 3. The molecule has 0 aliphatic heterocycles. The van der Waals surface area contributed by atoms with Crippen LogP contribution in [-0.2, 0) is 4.79 Å². The molecular weight excluding hydrogens is 264 g/mol. The molecule has 0 saturated carbocycles. The Bertz CT molecular complexity index is 491. The van der Waals surface area contributed by atoms with Crippen LogP contribution < -0.4 is 5.56 Å². The monoisotopic (exact) mass is 284 g/mol. The second-order valence-electron chi connectivity index (χ2n) is 4.82. The van der Waals surface area contributed by atoms with Crippen molar-refractivity contribution in [1.82, 2.24) is 20.1 Å². The van der Waals surface area contributed by atoms with Gasteiger partial charge in [0, 0.05) is 12.1 Å². The highest BCUT2D eigenvalue weighted by Gasteiger charge is 2.20. The molecule has 1 heterocycles. The topological polar surface area (TPSA) is 79.0 Å². The molecule has 0 saturated heterocycles. The predicted octanol–water partition coefficient (Wildman–Crippen LogP) is 1.21. The average molecular weight is 284 g/mol. The van der Waals surface area contributed by atoms with E-state index < -0.39 is 0 Å². The minimum absolute atomic E-state index is 0.0261. The van der Waals surface area contributed by atoms with Gasteiger partial charge in [-0.05, 0) is 34.6 Å². The molecule has 106 valence electrons. The summed E-state index contributed by atoms with van der Waals surface area (Å²) in [6, 6.07) is 0.299. The zero-order valence-corrected chi connectivity index (χ0v) is 12.7. The van der Waals surface area contributed by atoms with Gasteiger partial charge in [-0.25, -0.2) is 0 Å². The normalized spacial score (nSPS) is 11.1. The second-order valence-corrected chi connectivity index (χ2v) is 5.79. The van der Waals surface area contributed by atoms with Crippen molar-refractivity contribution in [2.45, 2.75) is 51.9 Å². The highest BCUT2D eigenvalue weighted by atomic mass is 32.2. The summed E-state index contributed by atoms with van der Waals surface area (Å²) in [5.41, 5.74) is 0.0520. The molecule has 0 fully saturated rings. The van der Waals surface area contributed by atoms with E-state index in [9.17, 15) is 9.59 Å². The van der Waals surface area contributed by atoms with Gasteiger partial charge in [0.25, 0.3) is 5.56 Å². The zero-order chi connectivity index (χ0) is 14.6. The lowest BCUT2D eigenvalue weighted by Gasteiger charge is -2.30. The lowest BCUT2D eigenvalue weighted by molar-refractivity contribution is -0.131. The number of amides is 1. The lowest BCUT2D eigenvalue weighted by Crippen LogP contribution is -2.43. The smallest absolute Gasteiger partial charge is 0.273 e. The number of aromatic amines is 1. The average Bonchev–Trinajstić information content (AvgIpc) is 2.29. The highest BCUT2D eigenvalue weighted by molar-refractivity contribution is 7.99. The molecule has 0 aromatic carbocycles. The molecule has 1 aromatic heterocycles. The Balaban J connectivity index is 2.67. The maximum atomic E-state index is 12.1. The molecule has 1 amide bonds. The Morgan fingerprint density at radius 2 is 1.84 bits per heavy atom. The van der Waals surface area contributed by atoms with E-state index in [1.54, 1.807) is 6.92 Å². The summed E-state index contributed by atoms with van der Waals surface area (Å²) in [4.78, 5) is 27.9. The van der Waals surface area contributed by atoms with Crippen LogP contribution >= 0.6 is 11.8 Å². The Labute approximate surface area is 117 Å². The molecule has 0 bridgehead atoms. The van der Waals surface area contributed by atoms with Crippen molar-refractivity contribution in [2.75, 3.05) is 5.75 Å². The molecule has 0 aliphatic rings. The number of aryl methyl sites for hydroxylation is 1. The number of hydrogen-bond donors (Lipinski definition) is 1. The molecule has 0 unspecified atom stereocenters. The van der Waals surface area contributed by atoms with E-state index in [-0.39, 0.29) is 29.3 Å². The largest absolute Gasteiger partial charge is 0.337 e. The van der Waals surface area contributed by atoms with E-state index in [1.165, 1.54) is 11.8 Å². The summed E-state index contributed by atoms with van der Waals surface area (Å²) in [7, 11) is 0. The first-order chi connectivity index (χ1) is 8.82. The summed E-state index contributed by atoms with van der Waals surface area (Å²) >= 11 is 1.19. The first-order valence-corrected chi connectivity index (χ1v) is 7.19. The summed E-state index contributed by atoms with van der Waals surface area (Å²) in [5, 5.41) is 7.95. The van der Waals surface area contributed by atoms with Gasteiger partial charge in [-0.2, -0.15) is 0 Å². The van der Waals surface area contributed by atoms with Crippen LogP contribution in [0.15, 0.2) is 9.95 Å². The van der Waals surface area contributed by atoms with Crippen LogP contribution in [0.4, 0.5) is 0 Å². The predicted molar refractivity (Wildman–Crippen MR) is 75.2 cm³/mol. The van der Waals surface area contributed by atoms with Gasteiger partial charge in [-0.1, -0.05) is 11.8 Å². The van der Waals surface area contributed by atoms with Crippen molar-refractivity contribution in [3.8, 4) is 0 Å². The van der Waals surface area contributed by atoms with Gasteiger partial charge in [0.2, 0.25) is 5.91 Å².